The fourth-order valence-electron chi connectivity index (χ4n) is 1.86. The molecule has 0 aliphatic carbocycles. The number of aryl methyl sites for hydroxylation is 1. The highest BCUT2D eigenvalue weighted by atomic mass is 32.2. The van der Waals surface area contributed by atoms with Crippen LogP contribution < -0.4 is 10.6 Å². The molecule has 0 unspecified atom stereocenters. The maximum absolute atomic E-state index is 12.2. The zero-order valence-electron chi connectivity index (χ0n) is 14.5. The number of aromatic nitrogens is 2. The summed E-state index contributed by atoms with van der Waals surface area (Å²) in [6.07, 6.45) is 2.52. The van der Waals surface area contributed by atoms with Crippen LogP contribution in [0.5, 0.6) is 0 Å². The summed E-state index contributed by atoms with van der Waals surface area (Å²) in [5, 5.41) is 15.1. The van der Waals surface area contributed by atoms with Gasteiger partial charge in [0.1, 0.15) is 5.00 Å². The molecule has 2 heterocycles. The number of carbonyl (C=O) groups is 2. The van der Waals surface area contributed by atoms with Crippen LogP contribution in [0.15, 0.2) is 23.1 Å². The molecule has 0 spiro atoms. The minimum Gasteiger partial charge on any atom is -0.462 e. The minimum atomic E-state index is -0.423. The Bertz CT molecular complexity index is 773. The van der Waals surface area contributed by atoms with E-state index < -0.39 is 5.97 Å². The van der Waals surface area contributed by atoms with Crippen LogP contribution in [0.4, 0.5) is 10.1 Å². The molecule has 7 nitrogen and oxygen atoms in total. The highest BCUT2D eigenvalue weighted by Gasteiger charge is 2.19. The van der Waals surface area contributed by atoms with Gasteiger partial charge in [-0.3, -0.25) is 4.79 Å². The average Bonchev–Trinajstić information content (AvgIpc) is 3.25. The van der Waals surface area contributed by atoms with Crippen LogP contribution in [0.25, 0.3) is 0 Å². The molecule has 0 saturated heterocycles. The molecule has 2 N–H and O–H groups in total. The quantitative estimate of drug-likeness (QED) is 0.349. The summed E-state index contributed by atoms with van der Waals surface area (Å²) in [5.74, 6) is -0.452. The van der Waals surface area contributed by atoms with Gasteiger partial charge in [-0.25, -0.2) is 4.79 Å². The van der Waals surface area contributed by atoms with Crippen molar-refractivity contribution < 1.29 is 14.3 Å². The molecule has 2 aromatic rings. The fourth-order valence-corrected chi connectivity index (χ4v) is 4.42. The van der Waals surface area contributed by atoms with E-state index in [0.717, 1.165) is 11.3 Å². The molecule has 0 fully saturated rings. The number of ether oxygens (including phenoxy) is 1. The Balaban J connectivity index is 1.94. The lowest BCUT2D eigenvalue weighted by Gasteiger charge is -2.05. The molecule has 1 amide bonds. The number of esters is 1. The third-order valence-corrected chi connectivity index (χ3v) is 6.22. The van der Waals surface area contributed by atoms with Crippen molar-refractivity contribution in [3.8, 4) is 0 Å². The number of thiophene rings is 1. The summed E-state index contributed by atoms with van der Waals surface area (Å²) in [4.78, 5) is 25.3. The number of nitrogens with zero attached hydrogens (tertiary/aromatic N) is 2. The van der Waals surface area contributed by atoms with Crippen LogP contribution >= 0.6 is 34.4 Å². The first-order chi connectivity index (χ1) is 12.6. The van der Waals surface area contributed by atoms with Crippen molar-refractivity contribution in [3.05, 3.63) is 29.2 Å². The third kappa shape index (κ3) is 5.82. The van der Waals surface area contributed by atoms with Gasteiger partial charge in [-0.1, -0.05) is 36.1 Å². The third-order valence-electron chi connectivity index (χ3n) is 3.01. The summed E-state index contributed by atoms with van der Waals surface area (Å²) in [7, 11) is 0. The molecule has 0 atom stereocenters. The Labute approximate surface area is 164 Å². The normalized spacial score (nSPS) is 10.4. The number of thioether (sulfide) groups is 1. The van der Waals surface area contributed by atoms with E-state index in [4.69, 9.17) is 4.74 Å². The monoisotopic (exact) mass is 412 g/mol. The molecule has 140 valence electrons. The predicted octanol–water partition coefficient (Wildman–Crippen LogP) is 3.67. The van der Waals surface area contributed by atoms with Crippen molar-refractivity contribution in [1.82, 2.24) is 10.2 Å². The van der Waals surface area contributed by atoms with Gasteiger partial charge < -0.3 is 15.4 Å². The predicted molar refractivity (Wildman–Crippen MR) is 108 cm³/mol. The number of hydrogen-bond donors (Lipinski definition) is 2. The summed E-state index contributed by atoms with van der Waals surface area (Å²) in [6, 6.07) is 1.77. The lowest BCUT2D eigenvalue weighted by molar-refractivity contribution is -0.113. The van der Waals surface area contributed by atoms with Gasteiger partial charge in [-0.05, 0) is 19.4 Å². The van der Waals surface area contributed by atoms with E-state index in [-0.39, 0.29) is 11.7 Å². The summed E-state index contributed by atoms with van der Waals surface area (Å²) < 4.78 is 5.75. The van der Waals surface area contributed by atoms with Crippen molar-refractivity contribution in [1.29, 1.82) is 0 Å². The first-order valence-corrected chi connectivity index (χ1v) is 10.6. The number of hydrogen-bond acceptors (Lipinski definition) is 9. The van der Waals surface area contributed by atoms with Gasteiger partial charge >= 0.3 is 5.97 Å². The molecule has 2 rings (SSSR count). The maximum atomic E-state index is 12.2. The van der Waals surface area contributed by atoms with Gasteiger partial charge in [0, 0.05) is 11.4 Å². The SMILES string of the molecule is C=CCNc1nnc(SCC(=O)Nc2sc(CC)cc2C(=O)OCC)s1. The van der Waals surface area contributed by atoms with E-state index in [9.17, 15) is 9.59 Å². The van der Waals surface area contributed by atoms with Gasteiger partial charge in [0.15, 0.2) is 4.34 Å². The highest BCUT2D eigenvalue weighted by molar-refractivity contribution is 8.01. The van der Waals surface area contributed by atoms with Crippen LogP contribution in [0.3, 0.4) is 0 Å². The standard InChI is InChI=1S/C16H20N4O3S3/c1-4-7-17-15-19-20-16(26-15)24-9-12(21)18-13-11(14(22)23-6-3)8-10(5-2)25-13/h4,8H,1,5-7,9H2,2-3H3,(H,17,19)(H,18,21). The Morgan fingerprint density at radius 3 is 2.85 bits per heavy atom. The Kier molecular flexibility index (Phi) is 8.07. The number of amides is 1. The van der Waals surface area contributed by atoms with Crippen LogP contribution in [-0.2, 0) is 16.0 Å². The van der Waals surface area contributed by atoms with Crippen molar-refractivity contribution in [2.24, 2.45) is 0 Å². The first-order valence-electron chi connectivity index (χ1n) is 7.98. The summed E-state index contributed by atoms with van der Waals surface area (Å²) >= 11 is 4.06. The van der Waals surface area contributed by atoms with Gasteiger partial charge in [0.25, 0.3) is 0 Å². The lowest BCUT2D eigenvalue weighted by atomic mass is 10.2. The second-order valence-electron chi connectivity index (χ2n) is 4.91. The molecule has 10 heteroatoms. The van der Waals surface area contributed by atoms with E-state index in [1.54, 1.807) is 19.1 Å². The second-order valence-corrected chi connectivity index (χ2v) is 8.25. The highest BCUT2D eigenvalue weighted by Crippen LogP contribution is 2.30. The van der Waals surface area contributed by atoms with Crippen molar-refractivity contribution >= 4 is 56.4 Å². The average molecular weight is 413 g/mol. The largest absolute Gasteiger partial charge is 0.462 e. The molecule has 0 saturated carbocycles. The molecule has 2 aromatic heterocycles. The Morgan fingerprint density at radius 2 is 2.15 bits per heavy atom. The molecule has 0 aliphatic rings. The van der Waals surface area contributed by atoms with Crippen LogP contribution in [0, 0.1) is 0 Å². The summed E-state index contributed by atoms with van der Waals surface area (Å²) in [5.41, 5.74) is 0.402. The summed E-state index contributed by atoms with van der Waals surface area (Å²) in [6.45, 7) is 8.27. The van der Waals surface area contributed by atoms with Crippen LogP contribution in [-0.4, -0.2) is 41.0 Å². The van der Waals surface area contributed by atoms with E-state index in [2.05, 4.69) is 27.4 Å². The van der Waals surface area contributed by atoms with Gasteiger partial charge in [-0.15, -0.1) is 28.1 Å². The van der Waals surface area contributed by atoms with Gasteiger partial charge in [0.05, 0.1) is 17.9 Å². The maximum Gasteiger partial charge on any atom is 0.341 e. The van der Waals surface area contributed by atoms with Crippen molar-refractivity contribution in [2.45, 2.75) is 24.6 Å². The topological polar surface area (TPSA) is 93.2 Å². The fraction of sp³-hybridized carbons (Fsp3) is 0.375. The molecule has 0 aromatic carbocycles. The molecular weight excluding hydrogens is 392 g/mol. The lowest BCUT2D eigenvalue weighted by Crippen LogP contribution is -2.15. The van der Waals surface area contributed by atoms with Gasteiger partial charge in [-0.2, -0.15) is 0 Å². The van der Waals surface area contributed by atoms with Crippen LogP contribution in [0.2, 0.25) is 0 Å². The zero-order chi connectivity index (χ0) is 18.9. The van der Waals surface area contributed by atoms with E-state index in [0.29, 0.717) is 33.2 Å². The number of nitrogens with one attached hydrogen (secondary N) is 2. The van der Waals surface area contributed by atoms with E-state index >= 15 is 0 Å². The molecule has 26 heavy (non-hydrogen) atoms. The van der Waals surface area contributed by atoms with Crippen molar-refractivity contribution in [2.75, 3.05) is 29.5 Å². The molecule has 0 bridgehead atoms. The molecule has 0 radical (unpaired) electrons. The van der Waals surface area contributed by atoms with E-state index in [1.165, 1.54) is 34.4 Å². The molecular formula is C16H20N4O3S3. The number of rotatable bonds is 10. The van der Waals surface area contributed by atoms with Gasteiger partial charge in [0.2, 0.25) is 11.0 Å². The van der Waals surface area contributed by atoms with Crippen molar-refractivity contribution in [3.63, 3.8) is 0 Å². The van der Waals surface area contributed by atoms with E-state index in [1.807, 2.05) is 6.92 Å². The Morgan fingerprint density at radius 1 is 1.35 bits per heavy atom. The molecule has 0 aliphatic heterocycles. The van der Waals surface area contributed by atoms with Crippen LogP contribution in [0.1, 0.15) is 29.1 Å². The first kappa shape index (κ1) is 20.4. The minimum absolute atomic E-state index is 0.178. The zero-order valence-corrected chi connectivity index (χ0v) is 17.0. The Hall–Kier alpha value is -1.91. The number of carbonyl (C=O) groups excluding carboxylic acids is 2. The number of anilines is 2. The second kappa shape index (κ2) is 10.3. The smallest absolute Gasteiger partial charge is 0.341 e.